The van der Waals surface area contributed by atoms with Gasteiger partial charge in [-0.15, -0.1) is 10.2 Å². The molecule has 30 heavy (non-hydrogen) atoms. The van der Waals surface area contributed by atoms with Crippen molar-refractivity contribution < 1.29 is 23.8 Å². The monoisotopic (exact) mass is 426 g/mol. The van der Waals surface area contributed by atoms with Gasteiger partial charge >= 0.3 is 0 Å². The Kier molecular flexibility index (Phi) is 5.75. The maximum absolute atomic E-state index is 12.4. The molecule has 4 rings (SSSR count). The molecule has 2 amide bonds. The van der Waals surface area contributed by atoms with Crippen LogP contribution in [0.5, 0.6) is 17.2 Å². The molecule has 0 spiro atoms. The molecule has 0 saturated heterocycles. The Bertz CT molecular complexity index is 1080. The van der Waals surface area contributed by atoms with E-state index < -0.39 is 0 Å². The highest BCUT2D eigenvalue weighted by molar-refractivity contribution is 7.13. The number of fused-ring (bicyclic) bond motifs is 1. The topological polar surface area (TPSA) is 112 Å². The van der Waals surface area contributed by atoms with Gasteiger partial charge in [-0.05, 0) is 29.8 Å². The van der Waals surface area contributed by atoms with Crippen molar-refractivity contribution in [2.75, 3.05) is 19.2 Å². The Morgan fingerprint density at radius 2 is 2.00 bits per heavy atom. The van der Waals surface area contributed by atoms with E-state index in [-0.39, 0.29) is 36.6 Å². The van der Waals surface area contributed by atoms with Crippen molar-refractivity contribution in [2.45, 2.75) is 13.0 Å². The van der Waals surface area contributed by atoms with Crippen molar-refractivity contribution in [1.82, 2.24) is 15.5 Å². The van der Waals surface area contributed by atoms with E-state index in [2.05, 4.69) is 20.8 Å². The van der Waals surface area contributed by atoms with Gasteiger partial charge in [0.05, 0.1) is 20.1 Å². The number of methoxy groups -OCH3 is 1. The zero-order valence-electron chi connectivity index (χ0n) is 16.0. The van der Waals surface area contributed by atoms with E-state index in [1.165, 1.54) is 0 Å². The SMILES string of the molecule is COc1cccc(CC(=O)NCc2nnc(C(=O)Nc3ccc4c(c3)OCO4)s2)c1. The minimum atomic E-state index is -0.389. The van der Waals surface area contributed by atoms with Crippen LogP contribution in [0.1, 0.15) is 20.4 Å². The highest BCUT2D eigenvalue weighted by atomic mass is 32.1. The molecule has 0 radical (unpaired) electrons. The summed E-state index contributed by atoms with van der Waals surface area (Å²) in [6.07, 6.45) is 0.216. The number of amides is 2. The quantitative estimate of drug-likeness (QED) is 0.597. The normalized spacial score (nSPS) is 11.8. The van der Waals surface area contributed by atoms with Gasteiger partial charge in [0.15, 0.2) is 11.5 Å². The Hall–Kier alpha value is -3.66. The van der Waals surface area contributed by atoms with Gasteiger partial charge in [-0.25, -0.2) is 0 Å². The number of carbonyl (C=O) groups is 2. The molecule has 2 aromatic carbocycles. The minimum absolute atomic E-state index is 0.162. The van der Waals surface area contributed by atoms with Crippen LogP contribution in [0.15, 0.2) is 42.5 Å². The molecule has 0 bridgehead atoms. The first kappa shape index (κ1) is 19.6. The van der Waals surface area contributed by atoms with Crippen LogP contribution in [0.2, 0.25) is 0 Å². The van der Waals surface area contributed by atoms with E-state index in [0.29, 0.717) is 27.9 Å². The van der Waals surface area contributed by atoms with Gasteiger partial charge in [0.25, 0.3) is 5.91 Å². The summed E-state index contributed by atoms with van der Waals surface area (Å²) >= 11 is 1.12. The highest BCUT2D eigenvalue weighted by Gasteiger charge is 2.17. The second-order valence-corrected chi connectivity index (χ2v) is 7.39. The third-order valence-corrected chi connectivity index (χ3v) is 5.15. The van der Waals surface area contributed by atoms with E-state index >= 15 is 0 Å². The van der Waals surface area contributed by atoms with Crippen LogP contribution in [0.4, 0.5) is 5.69 Å². The van der Waals surface area contributed by atoms with Crippen LogP contribution in [-0.4, -0.2) is 35.9 Å². The average molecular weight is 426 g/mol. The van der Waals surface area contributed by atoms with Gasteiger partial charge < -0.3 is 24.8 Å². The smallest absolute Gasteiger partial charge is 0.286 e. The number of nitrogens with zero attached hydrogens (tertiary/aromatic N) is 2. The minimum Gasteiger partial charge on any atom is -0.497 e. The first-order valence-electron chi connectivity index (χ1n) is 9.04. The number of aromatic nitrogens is 2. The van der Waals surface area contributed by atoms with E-state index in [4.69, 9.17) is 14.2 Å². The summed E-state index contributed by atoms with van der Waals surface area (Å²) in [6, 6.07) is 12.4. The molecular weight excluding hydrogens is 408 g/mol. The zero-order chi connectivity index (χ0) is 20.9. The molecule has 1 aromatic heterocycles. The van der Waals surface area contributed by atoms with Gasteiger partial charge in [0, 0.05) is 11.8 Å². The summed E-state index contributed by atoms with van der Waals surface area (Å²) in [7, 11) is 1.58. The van der Waals surface area contributed by atoms with E-state index in [1.54, 1.807) is 25.3 Å². The van der Waals surface area contributed by atoms with Gasteiger partial charge in [-0.3, -0.25) is 9.59 Å². The summed E-state index contributed by atoms with van der Waals surface area (Å²) in [4.78, 5) is 24.6. The predicted molar refractivity (Wildman–Crippen MR) is 109 cm³/mol. The molecule has 154 valence electrons. The van der Waals surface area contributed by atoms with Crippen LogP contribution in [0.25, 0.3) is 0 Å². The molecule has 1 aliphatic rings. The summed E-state index contributed by atoms with van der Waals surface area (Å²) in [5.74, 6) is 1.35. The number of benzene rings is 2. The Labute approximate surface area is 176 Å². The second kappa shape index (κ2) is 8.78. The number of rotatable bonds is 7. The largest absolute Gasteiger partial charge is 0.497 e. The maximum Gasteiger partial charge on any atom is 0.286 e. The Balaban J connectivity index is 1.30. The predicted octanol–water partition coefficient (Wildman–Crippen LogP) is 2.39. The van der Waals surface area contributed by atoms with Crippen LogP contribution in [0, 0.1) is 0 Å². The Morgan fingerprint density at radius 1 is 1.13 bits per heavy atom. The molecule has 0 fully saturated rings. The summed E-state index contributed by atoms with van der Waals surface area (Å²) < 4.78 is 15.7. The van der Waals surface area contributed by atoms with Crippen LogP contribution in [0.3, 0.4) is 0 Å². The van der Waals surface area contributed by atoms with Gasteiger partial charge in [0.2, 0.25) is 17.7 Å². The molecular formula is C20H18N4O5S. The average Bonchev–Trinajstić information content (AvgIpc) is 3.41. The number of carbonyl (C=O) groups excluding carboxylic acids is 2. The highest BCUT2D eigenvalue weighted by Crippen LogP contribution is 2.34. The summed E-state index contributed by atoms with van der Waals surface area (Å²) in [5, 5.41) is 14.1. The maximum atomic E-state index is 12.4. The van der Waals surface area contributed by atoms with Crippen molar-refractivity contribution in [2.24, 2.45) is 0 Å². The third kappa shape index (κ3) is 4.66. The fraction of sp³-hybridized carbons (Fsp3) is 0.200. The number of ether oxygens (including phenoxy) is 3. The molecule has 0 unspecified atom stereocenters. The van der Waals surface area contributed by atoms with Crippen molar-refractivity contribution in [3.05, 3.63) is 58.0 Å². The molecule has 2 heterocycles. The first-order valence-corrected chi connectivity index (χ1v) is 9.85. The first-order chi connectivity index (χ1) is 14.6. The lowest BCUT2D eigenvalue weighted by atomic mass is 10.1. The van der Waals surface area contributed by atoms with Crippen molar-refractivity contribution >= 4 is 28.8 Å². The van der Waals surface area contributed by atoms with Crippen LogP contribution < -0.4 is 24.8 Å². The lowest BCUT2D eigenvalue weighted by molar-refractivity contribution is -0.120. The van der Waals surface area contributed by atoms with Crippen molar-refractivity contribution in [1.29, 1.82) is 0 Å². The van der Waals surface area contributed by atoms with Crippen LogP contribution >= 0.6 is 11.3 Å². The third-order valence-electron chi connectivity index (χ3n) is 4.23. The van der Waals surface area contributed by atoms with Gasteiger partial charge in [-0.2, -0.15) is 0 Å². The molecule has 1 aliphatic heterocycles. The van der Waals surface area contributed by atoms with Crippen LogP contribution in [-0.2, 0) is 17.8 Å². The van der Waals surface area contributed by atoms with Crippen molar-refractivity contribution in [3.8, 4) is 17.2 Å². The fourth-order valence-corrected chi connectivity index (χ4v) is 3.45. The summed E-state index contributed by atoms with van der Waals surface area (Å²) in [5.41, 5.74) is 1.40. The van der Waals surface area contributed by atoms with Crippen molar-refractivity contribution in [3.63, 3.8) is 0 Å². The van der Waals surface area contributed by atoms with E-state index in [0.717, 1.165) is 16.9 Å². The molecule has 0 saturated carbocycles. The standard InChI is InChI=1S/C20H18N4O5S/c1-27-14-4-2-3-12(7-14)8-17(25)21-10-18-23-24-20(30-18)19(26)22-13-5-6-15-16(9-13)29-11-28-15/h2-7,9H,8,10-11H2,1H3,(H,21,25)(H,22,26). The number of nitrogens with one attached hydrogen (secondary N) is 2. The number of hydrogen-bond donors (Lipinski definition) is 2. The molecule has 10 heteroatoms. The van der Waals surface area contributed by atoms with Gasteiger partial charge in [0.1, 0.15) is 10.8 Å². The lowest BCUT2D eigenvalue weighted by Crippen LogP contribution is -2.24. The number of hydrogen-bond acceptors (Lipinski definition) is 8. The molecule has 9 nitrogen and oxygen atoms in total. The fourth-order valence-electron chi connectivity index (χ4n) is 2.78. The molecule has 0 aliphatic carbocycles. The van der Waals surface area contributed by atoms with E-state index in [1.807, 2.05) is 24.3 Å². The Morgan fingerprint density at radius 3 is 2.87 bits per heavy atom. The molecule has 3 aromatic rings. The summed E-state index contributed by atoms with van der Waals surface area (Å²) in [6.45, 7) is 0.355. The number of anilines is 1. The van der Waals surface area contributed by atoms with E-state index in [9.17, 15) is 9.59 Å². The van der Waals surface area contributed by atoms with Gasteiger partial charge in [-0.1, -0.05) is 23.5 Å². The molecule has 2 N–H and O–H groups in total. The zero-order valence-corrected chi connectivity index (χ0v) is 16.8. The molecule has 0 atom stereocenters. The lowest BCUT2D eigenvalue weighted by Gasteiger charge is -2.05. The second-order valence-electron chi connectivity index (χ2n) is 6.33.